The predicted octanol–water partition coefficient (Wildman–Crippen LogP) is 6.09. The van der Waals surface area contributed by atoms with Crippen LogP contribution in [0.25, 0.3) is 11.3 Å². The molecule has 1 N–H and O–H groups in total. The molecule has 4 nitrogen and oxygen atoms in total. The summed E-state index contributed by atoms with van der Waals surface area (Å²) >= 11 is 4.76. The van der Waals surface area contributed by atoms with Crippen LogP contribution in [0, 0.1) is 0 Å². The second-order valence-corrected chi connectivity index (χ2v) is 7.82. The van der Waals surface area contributed by atoms with Gasteiger partial charge < -0.3 is 4.74 Å². The van der Waals surface area contributed by atoms with Gasteiger partial charge in [-0.1, -0.05) is 74.0 Å². The molecule has 162 valence electrons. The summed E-state index contributed by atoms with van der Waals surface area (Å²) in [5, 5.41) is 2.44. The van der Waals surface area contributed by atoms with E-state index in [4.69, 9.17) is 21.8 Å². The maximum absolute atomic E-state index is 6.18. The number of hydrogen-bond acceptors (Lipinski definition) is 5. The van der Waals surface area contributed by atoms with Gasteiger partial charge in [-0.15, -0.1) is 0 Å². The van der Waals surface area contributed by atoms with Gasteiger partial charge in [0.2, 0.25) is 0 Å². The Labute approximate surface area is 194 Å². The molecule has 32 heavy (non-hydrogen) atoms. The van der Waals surface area contributed by atoms with Crippen LogP contribution in [0.3, 0.4) is 0 Å². The molecule has 0 spiro atoms. The number of hydrogen-bond donors (Lipinski definition) is 1. The fourth-order valence-electron chi connectivity index (χ4n) is 3.89. The van der Waals surface area contributed by atoms with Gasteiger partial charge in [0.15, 0.2) is 0 Å². The Kier molecular flexibility index (Phi) is 7.47. The molecule has 1 atom stereocenters. The second kappa shape index (κ2) is 10.9. The molecule has 3 aromatic carbocycles. The fourth-order valence-corrected chi connectivity index (χ4v) is 3.97. The van der Waals surface area contributed by atoms with E-state index < -0.39 is 0 Å². The highest BCUT2D eigenvalue weighted by Crippen LogP contribution is 2.35. The summed E-state index contributed by atoms with van der Waals surface area (Å²) in [6.07, 6.45) is 1.74. The topological polar surface area (TPSA) is 42.8 Å². The number of ether oxygens (including phenoxy) is 1. The minimum Gasteiger partial charge on any atom is -0.489 e. The van der Waals surface area contributed by atoms with Crippen LogP contribution in [-0.2, 0) is 17.9 Å². The summed E-state index contributed by atoms with van der Waals surface area (Å²) in [5.41, 5.74) is 9.66. The molecule has 4 rings (SSSR count). The van der Waals surface area contributed by atoms with Gasteiger partial charge >= 0.3 is 0 Å². The lowest BCUT2D eigenvalue weighted by Gasteiger charge is -2.14. The molecule has 1 aliphatic heterocycles. The van der Waals surface area contributed by atoms with Crippen molar-refractivity contribution in [3.05, 3.63) is 101 Å². The van der Waals surface area contributed by atoms with Gasteiger partial charge in [-0.3, -0.25) is 10.3 Å². The molecule has 0 saturated heterocycles. The first-order valence-corrected chi connectivity index (χ1v) is 11.3. The van der Waals surface area contributed by atoms with Crippen molar-refractivity contribution in [2.45, 2.75) is 32.5 Å². The molecule has 3 aromatic rings. The van der Waals surface area contributed by atoms with Gasteiger partial charge in [0.25, 0.3) is 0 Å². The van der Waals surface area contributed by atoms with E-state index in [9.17, 15) is 0 Å². The Morgan fingerprint density at radius 1 is 1.00 bits per heavy atom. The number of aryl methyl sites for hydroxylation is 1. The third kappa shape index (κ3) is 5.14. The molecule has 0 aliphatic carbocycles. The Morgan fingerprint density at radius 3 is 2.47 bits per heavy atom. The van der Waals surface area contributed by atoms with E-state index in [-0.39, 0.29) is 6.10 Å². The lowest BCUT2D eigenvalue weighted by molar-refractivity contribution is 0.0608. The predicted molar refractivity (Wildman–Crippen MR) is 132 cm³/mol. The van der Waals surface area contributed by atoms with Gasteiger partial charge in [0, 0.05) is 11.1 Å². The Hall–Kier alpha value is -3.24. The zero-order valence-corrected chi connectivity index (χ0v) is 18.9. The Balaban J connectivity index is 1.68. The minimum atomic E-state index is -0.230. The largest absolute Gasteiger partial charge is 0.489 e. The van der Waals surface area contributed by atoms with Gasteiger partial charge in [-0.05, 0) is 53.5 Å². The zero-order valence-electron chi connectivity index (χ0n) is 18.1. The van der Waals surface area contributed by atoms with E-state index in [1.165, 1.54) is 5.56 Å². The molecular weight excluding hydrogens is 416 g/mol. The molecular formula is C27H26N2O2S. The molecule has 1 aliphatic rings. The van der Waals surface area contributed by atoms with Crippen molar-refractivity contribution in [3.63, 3.8) is 0 Å². The molecule has 0 bridgehead atoms. The lowest BCUT2D eigenvalue weighted by atomic mass is 9.94. The van der Waals surface area contributed by atoms with Gasteiger partial charge in [-0.25, -0.2) is 4.99 Å². The van der Waals surface area contributed by atoms with Crippen LogP contribution in [0.4, 0.5) is 0 Å². The van der Waals surface area contributed by atoms with Crippen LogP contribution >= 0.6 is 12.2 Å². The molecule has 5 heteroatoms. The van der Waals surface area contributed by atoms with Crippen molar-refractivity contribution < 1.29 is 9.57 Å². The summed E-state index contributed by atoms with van der Waals surface area (Å²) in [4.78, 5) is 10.0. The van der Waals surface area contributed by atoms with Gasteiger partial charge in [-0.2, -0.15) is 0 Å². The maximum atomic E-state index is 6.18. The number of aliphatic imine (C=N–C) groups is 1. The van der Waals surface area contributed by atoms with E-state index >= 15 is 0 Å². The standard InChI is InChI=1S/C27H26N2O2S/c1-2-9-22-16-23(14-15-24(22)30-18-20-10-5-3-6-11-20)27-26(21-12-7-4-8-13-21)25(31-29-27)17-28-19-32/h3-8,10-16,25,29H,2,9,17-18H2,1H3. The van der Waals surface area contributed by atoms with E-state index in [1.807, 2.05) is 36.4 Å². The molecule has 1 heterocycles. The van der Waals surface area contributed by atoms with Crippen LogP contribution < -0.4 is 10.2 Å². The van der Waals surface area contributed by atoms with Gasteiger partial charge in [0.1, 0.15) is 18.5 Å². The summed E-state index contributed by atoms with van der Waals surface area (Å²) in [5.74, 6) is 0.919. The average Bonchev–Trinajstić information content (AvgIpc) is 3.27. The van der Waals surface area contributed by atoms with E-state index in [0.717, 1.165) is 46.6 Å². The normalized spacial score (nSPS) is 15.2. The van der Waals surface area contributed by atoms with Crippen molar-refractivity contribution in [2.75, 3.05) is 6.54 Å². The van der Waals surface area contributed by atoms with Crippen molar-refractivity contribution in [3.8, 4) is 5.75 Å². The fraction of sp³-hybridized carbons (Fsp3) is 0.222. The van der Waals surface area contributed by atoms with Crippen LogP contribution in [-0.4, -0.2) is 17.8 Å². The second-order valence-electron chi connectivity index (χ2n) is 7.64. The number of nitrogens with one attached hydrogen (secondary N) is 1. The highest BCUT2D eigenvalue weighted by atomic mass is 32.1. The number of nitrogens with zero attached hydrogens (tertiary/aromatic N) is 1. The molecule has 0 amide bonds. The first-order valence-electron chi connectivity index (χ1n) is 10.8. The first kappa shape index (κ1) is 22.0. The Bertz CT molecular complexity index is 1120. The third-order valence-electron chi connectivity index (χ3n) is 5.41. The van der Waals surface area contributed by atoms with Crippen LogP contribution in [0.5, 0.6) is 5.75 Å². The van der Waals surface area contributed by atoms with Gasteiger partial charge in [0.05, 0.1) is 17.4 Å². The average molecular weight is 443 g/mol. The summed E-state index contributed by atoms with van der Waals surface area (Å²) in [7, 11) is 0. The zero-order chi connectivity index (χ0) is 22.2. The number of thiocarbonyl (C=S) groups is 1. The monoisotopic (exact) mass is 442 g/mol. The van der Waals surface area contributed by atoms with Crippen molar-refractivity contribution in [1.82, 2.24) is 5.48 Å². The number of hydroxylamine groups is 1. The summed E-state index contributed by atoms with van der Waals surface area (Å²) in [6.45, 7) is 3.15. The van der Waals surface area contributed by atoms with Crippen LogP contribution in [0.2, 0.25) is 0 Å². The molecule has 0 fully saturated rings. The van der Waals surface area contributed by atoms with Crippen molar-refractivity contribution >= 4 is 28.6 Å². The van der Waals surface area contributed by atoms with Crippen LogP contribution in [0.15, 0.2) is 83.9 Å². The summed E-state index contributed by atoms with van der Waals surface area (Å²) < 4.78 is 6.18. The maximum Gasteiger partial charge on any atom is 0.133 e. The lowest BCUT2D eigenvalue weighted by Crippen LogP contribution is -2.16. The first-order chi connectivity index (χ1) is 15.8. The summed E-state index contributed by atoms with van der Waals surface area (Å²) in [6, 6.07) is 26.8. The quantitative estimate of drug-likeness (QED) is 0.322. The highest BCUT2D eigenvalue weighted by molar-refractivity contribution is 7.78. The number of isothiocyanates is 1. The van der Waals surface area contributed by atoms with E-state index in [2.05, 4.69) is 65.0 Å². The molecule has 0 aromatic heterocycles. The smallest absolute Gasteiger partial charge is 0.133 e. The highest BCUT2D eigenvalue weighted by Gasteiger charge is 2.29. The number of benzene rings is 3. The Morgan fingerprint density at radius 2 is 1.75 bits per heavy atom. The third-order valence-corrected chi connectivity index (χ3v) is 5.54. The van der Waals surface area contributed by atoms with E-state index in [0.29, 0.717) is 13.2 Å². The molecule has 0 radical (unpaired) electrons. The molecule has 1 unspecified atom stereocenters. The van der Waals surface area contributed by atoms with Crippen molar-refractivity contribution in [2.24, 2.45) is 4.99 Å². The SMILES string of the molecule is CCCc1cc(C2=C(c3ccccc3)C(CN=C=S)ON2)ccc1OCc1ccccc1. The van der Waals surface area contributed by atoms with Crippen LogP contribution in [0.1, 0.15) is 35.6 Å². The minimum absolute atomic E-state index is 0.230. The molecule has 0 saturated carbocycles. The number of rotatable bonds is 9. The van der Waals surface area contributed by atoms with Crippen molar-refractivity contribution in [1.29, 1.82) is 0 Å². The van der Waals surface area contributed by atoms with E-state index in [1.54, 1.807) is 0 Å².